The van der Waals surface area contributed by atoms with Gasteiger partial charge in [-0.15, -0.1) is 11.3 Å². The van der Waals surface area contributed by atoms with E-state index in [9.17, 15) is 8.42 Å². The molecule has 21 heavy (non-hydrogen) atoms. The van der Waals surface area contributed by atoms with Gasteiger partial charge in [-0.2, -0.15) is 5.10 Å². The molecule has 0 aromatic carbocycles. The predicted octanol–water partition coefficient (Wildman–Crippen LogP) is 3.00. The van der Waals surface area contributed by atoms with E-state index in [4.69, 9.17) is 0 Å². The average Bonchev–Trinajstić information content (AvgIpc) is 2.89. The van der Waals surface area contributed by atoms with Crippen molar-refractivity contribution in [1.82, 2.24) is 14.5 Å². The van der Waals surface area contributed by atoms with Crippen LogP contribution in [0.1, 0.15) is 23.4 Å². The Labute approximate surface area is 137 Å². The fraction of sp³-hybridized carbons (Fsp3) is 0.462. The molecule has 0 spiro atoms. The summed E-state index contributed by atoms with van der Waals surface area (Å²) in [4.78, 5) is 0. The second-order valence-corrected chi connectivity index (χ2v) is 9.29. The summed E-state index contributed by atoms with van der Waals surface area (Å²) < 4.78 is 30.0. The number of thiophene rings is 1. The van der Waals surface area contributed by atoms with Gasteiger partial charge >= 0.3 is 0 Å². The molecular formula is C13H18BrN3O2S2. The molecule has 0 amide bonds. The molecule has 2 heterocycles. The molecule has 0 bridgehead atoms. The fourth-order valence-electron chi connectivity index (χ4n) is 1.97. The zero-order valence-corrected chi connectivity index (χ0v) is 15.4. The average molecular weight is 392 g/mol. The molecule has 0 aliphatic heterocycles. The summed E-state index contributed by atoms with van der Waals surface area (Å²) in [6, 6.07) is 3.69. The number of hydrogen-bond acceptors (Lipinski definition) is 4. The Balaban J connectivity index is 1.89. The predicted molar refractivity (Wildman–Crippen MR) is 88.3 cm³/mol. The van der Waals surface area contributed by atoms with Gasteiger partial charge in [0.1, 0.15) is 4.21 Å². The lowest BCUT2D eigenvalue weighted by Crippen LogP contribution is -2.25. The largest absolute Gasteiger partial charge is 0.270 e. The van der Waals surface area contributed by atoms with Crippen LogP contribution in [0.4, 0.5) is 0 Å². The Morgan fingerprint density at radius 2 is 2.05 bits per heavy atom. The van der Waals surface area contributed by atoms with Crippen molar-refractivity contribution >= 4 is 37.3 Å². The molecular weight excluding hydrogens is 374 g/mol. The highest BCUT2D eigenvalue weighted by Crippen LogP contribution is 2.30. The number of halogens is 1. The number of aryl methyl sites for hydroxylation is 4. The van der Waals surface area contributed by atoms with Crippen molar-refractivity contribution in [3.8, 4) is 0 Å². The van der Waals surface area contributed by atoms with E-state index in [1.807, 2.05) is 31.5 Å². The van der Waals surface area contributed by atoms with Crippen molar-refractivity contribution in [3.05, 3.63) is 32.9 Å². The Morgan fingerprint density at radius 1 is 1.33 bits per heavy atom. The molecule has 0 aliphatic rings. The van der Waals surface area contributed by atoms with E-state index in [-0.39, 0.29) is 0 Å². The van der Waals surface area contributed by atoms with E-state index in [1.165, 1.54) is 11.3 Å². The monoisotopic (exact) mass is 391 g/mol. The van der Waals surface area contributed by atoms with Gasteiger partial charge in [-0.05, 0) is 60.8 Å². The second-order valence-electron chi connectivity index (χ2n) is 4.92. The standard InChI is InChI=1S/C13H18BrN3O2S2/c1-9-7-12(20-13(9)14)21(18,19)15-5-4-6-17-11(3)8-10(2)16-17/h7-8,15H,4-6H2,1-3H3. The molecule has 8 heteroatoms. The van der Waals surface area contributed by atoms with Crippen molar-refractivity contribution in [2.24, 2.45) is 0 Å². The molecule has 2 aromatic rings. The molecule has 5 nitrogen and oxygen atoms in total. The van der Waals surface area contributed by atoms with Crippen LogP contribution >= 0.6 is 27.3 Å². The maximum absolute atomic E-state index is 12.1. The minimum absolute atomic E-state index is 0.345. The van der Waals surface area contributed by atoms with Gasteiger partial charge < -0.3 is 0 Å². The van der Waals surface area contributed by atoms with E-state index >= 15 is 0 Å². The third-order valence-electron chi connectivity index (χ3n) is 3.04. The van der Waals surface area contributed by atoms with Gasteiger partial charge in [0.05, 0.1) is 9.48 Å². The fourth-order valence-corrected chi connectivity index (χ4v) is 5.32. The second kappa shape index (κ2) is 6.60. The number of sulfonamides is 1. The highest BCUT2D eigenvalue weighted by atomic mass is 79.9. The maximum Gasteiger partial charge on any atom is 0.250 e. The van der Waals surface area contributed by atoms with Crippen LogP contribution < -0.4 is 4.72 Å². The van der Waals surface area contributed by atoms with Gasteiger partial charge in [0.15, 0.2) is 0 Å². The van der Waals surface area contributed by atoms with Crippen LogP contribution in [0.25, 0.3) is 0 Å². The molecule has 0 aliphatic carbocycles. The Kier molecular flexibility index (Phi) is 5.24. The topological polar surface area (TPSA) is 64.0 Å². The Hall–Kier alpha value is -0.700. The van der Waals surface area contributed by atoms with E-state index in [0.29, 0.717) is 23.7 Å². The summed E-state index contributed by atoms with van der Waals surface area (Å²) >= 11 is 4.58. The zero-order chi connectivity index (χ0) is 15.6. The molecule has 0 saturated heterocycles. The van der Waals surface area contributed by atoms with Gasteiger partial charge in [-0.1, -0.05) is 0 Å². The number of rotatable bonds is 6. The third-order valence-corrected chi connectivity index (χ3v) is 7.11. The summed E-state index contributed by atoms with van der Waals surface area (Å²) in [5, 5.41) is 4.35. The van der Waals surface area contributed by atoms with Crippen molar-refractivity contribution in [3.63, 3.8) is 0 Å². The first-order valence-corrected chi connectivity index (χ1v) is 9.65. The molecule has 0 radical (unpaired) electrons. The lowest BCUT2D eigenvalue weighted by Gasteiger charge is -2.06. The quantitative estimate of drug-likeness (QED) is 0.769. The SMILES string of the molecule is Cc1cc(C)n(CCCNS(=O)(=O)c2cc(C)c(Br)s2)n1. The third kappa shape index (κ3) is 4.15. The summed E-state index contributed by atoms with van der Waals surface area (Å²) in [7, 11) is -3.41. The van der Waals surface area contributed by atoms with E-state index in [2.05, 4.69) is 25.8 Å². The Morgan fingerprint density at radius 3 is 2.57 bits per heavy atom. The van der Waals surface area contributed by atoms with E-state index in [0.717, 1.165) is 20.7 Å². The summed E-state index contributed by atoms with van der Waals surface area (Å²) in [6.45, 7) is 6.92. The van der Waals surface area contributed by atoms with Crippen molar-refractivity contribution in [2.75, 3.05) is 6.54 Å². The van der Waals surface area contributed by atoms with Gasteiger partial charge in [-0.25, -0.2) is 13.1 Å². The van der Waals surface area contributed by atoms with Gasteiger partial charge in [-0.3, -0.25) is 4.68 Å². The van der Waals surface area contributed by atoms with Crippen LogP contribution in [0, 0.1) is 20.8 Å². The molecule has 0 atom stereocenters. The zero-order valence-electron chi connectivity index (χ0n) is 12.2. The molecule has 0 fully saturated rings. The van der Waals surface area contributed by atoms with Crippen molar-refractivity contribution in [2.45, 2.75) is 37.9 Å². The normalized spacial score (nSPS) is 12.0. The van der Waals surface area contributed by atoms with Crippen LogP contribution in [0.5, 0.6) is 0 Å². The van der Waals surface area contributed by atoms with E-state index in [1.54, 1.807) is 6.07 Å². The molecule has 0 unspecified atom stereocenters. The van der Waals surface area contributed by atoms with Crippen LogP contribution in [-0.2, 0) is 16.6 Å². The number of aromatic nitrogens is 2. The summed E-state index contributed by atoms with van der Waals surface area (Å²) in [5.41, 5.74) is 3.00. The first kappa shape index (κ1) is 16.7. The highest BCUT2D eigenvalue weighted by Gasteiger charge is 2.17. The molecule has 1 N–H and O–H groups in total. The highest BCUT2D eigenvalue weighted by molar-refractivity contribution is 9.11. The van der Waals surface area contributed by atoms with Gasteiger partial charge in [0, 0.05) is 18.8 Å². The first-order chi connectivity index (χ1) is 9.79. The molecule has 2 rings (SSSR count). The minimum Gasteiger partial charge on any atom is -0.270 e. The number of nitrogens with one attached hydrogen (secondary N) is 1. The van der Waals surface area contributed by atoms with Crippen LogP contribution in [0.3, 0.4) is 0 Å². The number of nitrogens with zero attached hydrogens (tertiary/aromatic N) is 2. The molecule has 2 aromatic heterocycles. The lowest BCUT2D eigenvalue weighted by atomic mass is 10.4. The van der Waals surface area contributed by atoms with Crippen LogP contribution in [0.2, 0.25) is 0 Å². The van der Waals surface area contributed by atoms with E-state index < -0.39 is 10.0 Å². The van der Waals surface area contributed by atoms with Crippen molar-refractivity contribution in [1.29, 1.82) is 0 Å². The lowest BCUT2D eigenvalue weighted by molar-refractivity contribution is 0.545. The molecule has 116 valence electrons. The summed E-state index contributed by atoms with van der Waals surface area (Å²) in [5.74, 6) is 0. The minimum atomic E-state index is -3.41. The van der Waals surface area contributed by atoms with Crippen molar-refractivity contribution < 1.29 is 8.42 Å². The maximum atomic E-state index is 12.1. The van der Waals surface area contributed by atoms with Crippen LogP contribution in [0.15, 0.2) is 20.1 Å². The summed E-state index contributed by atoms with van der Waals surface area (Å²) in [6.07, 6.45) is 0.701. The van der Waals surface area contributed by atoms with Crippen LogP contribution in [-0.4, -0.2) is 24.7 Å². The number of hydrogen-bond donors (Lipinski definition) is 1. The first-order valence-electron chi connectivity index (χ1n) is 6.56. The molecule has 0 saturated carbocycles. The Bertz CT molecular complexity index is 715. The smallest absolute Gasteiger partial charge is 0.250 e. The van der Waals surface area contributed by atoms with Gasteiger partial charge in [0.2, 0.25) is 10.0 Å². The van der Waals surface area contributed by atoms with Gasteiger partial charge in [0.25, 0.3) is 0 Å².